The van der Waals surface area contributed by atoms with Crippen LogP contribution in [0, 0.1) is 5.92 Å². The van der Waals surface area contributed by atoms with Crippen molar-refractivity contribution in [3.8, 4) is 0 Å². The molecular formula is C16H19N4O5-. The van der Waals surface area contributed by atoms with Gasteiger partial charge in [-0.05, 0) is 18.1 Å². The number of aliphatic carboxylic acids is 1. The Kier molecular flexibility index (Phi) is 5.58. The summed E-state index contributed by atoms with van der Waals surface area (Å²) in [4.78, 5) is 48.2. The Morgan fingerprint density at radius 3 is 2.60 bits per heavy atom. The zero-order valence-electron chi connectivity index (χ0n) is 13.9. The first-order chi connectivity index (χ1) is 11.8. The molecule has 1 aliphatic heterocycles. The minimum absolute atomic E-state index is 0.186. The highest BCUT2D eigenvalue weighted by atomic mass is 16.4. The molecule has 134 valence electrons. The van der Waals surface area contributed by atoms with E-state index in [1.165, 1.54) is 4.90 Å². The highest BCUT2D eigenvalue weighted by molar-refractivity contribution is 6.10. The van der Waals surface area contributed by atoms with Gasteiger partial charge < -0.3 is 25.9 Å². The third-order valence-corrected chi connectivity index (χ3v) is 3.65. The van der Waals surface area contributed by atoms with Crippen LogP contribution in [0.5, 0.6) is 0 Å². The van der Waals surface area contributed by atoms with Crippen molar-refractivity contribution in [2.24, 2.45) is 5.92 Å². The van der Waals surface area contributed by atoms with Crippen LogP contribution in [0.2, 0.25) is 0 Å². The number of hydrogen-bond acceptors (Lipinski definition) is 5. The van der Waals surface area contributed by atoms with Crippen molar-refractivity contribution in [1.82, 2.24) is 10.6 Å². The minimum atomic E-state index is -1.43. The van der Waals surface area contributed by atoms with E-state index in [4.69, 9.17) is 0 Å². The van der Waals surface area contributed by atoms with E-state index >= 15 is 0 Å². The summed E-state index contributed by atoms with van der Waals surface area (Å²) in [6.45, 7) is 2.59. The number of carboxylic acids is 1. The van der Waals surface area contributed by atoms with Gasteiger partial charge in [0, 0.05) is 0 Å². The van der Waals surface area contributed by atoms with Crippen molar-refractivity contribution in [3.63, 3.8) is 0 Å². The molecule has 1 aromatic carbocycles. The average molecular weight is 347 g/mol. The van der Waals surface area contributed by atoms with Crippen LogP contribution in [0.3, 0.4) is 0 Å². The third kappa shape index (κ3) is 4.46. The van der Waals surface area contributed by atoms with Crippen LogP contribution in [-0.2, 0) is 14.4 Å². The number of rotatable bonds is 5. The quantitative estimate of drug-likeness (QED) is 0.632. The highest BCUT2D eigenvalue weighted by Crippen LogP contribution is 2.28. The highest BCUT2D eigenvalue weighted by Gasteiger charge is 2.31. The van der Waals surface area contributed by atoms with Crippen LogP contribution in [-0.4, -0.2) is 42.9 Å². The second-order valence-corrected chi connectivity index (χ2v) is 5.91. The monoisotopic (exact) mass is 347 g/mol. The number of para-hydroxylation sites is 2. The van der Waals surface area contributed by atoms with Gasteiger partial charge in [0.2, 0.25) is 11.8 Å². The van der Waals surface area contributed by atoms with E-state index in [2.05, 4.69) is 16.0 Å². The first-order valence-electron chi connectivity index (χ1n) is 7.74. The molecule has 0 saturated heterocycles. The molecule has 1 aromatic rings. The number of carbonyl (C=O) groups is 4. The number of hydrogen-bond donors (Lipinski definition) is 3. The SMILES string of the molecule is CC(C)[C@H](NC(=O)N1CC(=O)Nc2ccccc21)C(=O)NCC(=O)[O-]. The molecule has 0 saturated carbocycles. The zero-order chi connectivity index (χ0) is 18.6. The Morgan fingerprint density at radius 1 is 1.28 bits per heavy atom. The van der Waals surface area contributed by atoms with E-state index in [1.807, 2.05) is 0 Å². The Balaban J connectivity index is 2.15. The molecule has 1 aliphatic rings. The number of anilines is 2. The molecule has 0 radical (unpaired) electrons. The van der Waals surface area contributed by atoms with Crippen LogP contribution in [0.4, 0.5) is 16.2 Å². The normalized spacial score (nSPS) is 14.4. The fourth-order valence-electron chi connectivity index (χ4n) is 2.43. The summed E-state index contributed by atoms with van der Waals surface area (Å²) in [7, 11) is 0. The average Bonchev–Trinajstić information content (AvgIpc) is 2.56. The van der Waals surface area contributed by atoms with Gasteiger partial charge in [-0.3, -0.25) is 14.5 Å². The molecule has 0 fully saturated rings. The second-order valence-electron chi connectivity index (χ2n) is 5.91. The van der Waals surface area contributed by atoms with Crippen molar-refractivity contribution in [2.45, 2.75) is 19.9 Å². The molecule has 9 nitrogen and oxygen atoms in total. The van der Waals surface area contributed by atoms with Crippen LogP contribution < -0.4 is 26.0 Å². The van der Waals surface area contributed by atoms with E-state index in [9.17, 15) is 24.3 Å². The fraction of sp³-hybridized carbons (Fsp3) is 0.375. The molecule has 0 unspecified atom stereocenters. The molecule has 9 heteroatoms. The van der Waals surface area contributed by atoms with Crippen LogP contribution >= 0.6 is 0 Å². The smallest absolute Gasteiger partial charge is 0.323 e. The van der Waals surface area contributed by atoms with Gasteiger partial charge in [0.15, 0.2) is 0 Å². The Bertz CT molecular complexity index is 704. The van der Waals surface area contributed by atoms with Crippen molar-refractivity contribution in [3.05, 3.63) is 24.3 Å². The zero-order valence-corrected chi connectivity index (χ0v) is 13.9. The lowest BCUT2D eigenvalue weighted by atomic mass is 10.0. The fourth-order valence-corrected chi connectivity index (χ4v) is 2.43. The predicted octanol–water partition coefficient (Wildman–Crippen LogP) is -0.955. The maximum Gasteiger partial charge on any atom is 0.323 e. The van der Waals surface area contributed by atoms with Gasteiger partial charge in [0.25, 0.3) is 0 Å². The summed E-state index contributed by atoms with van der Waals surface area (Å²) < 4.78 is 0. The van der Waals surface area contributed by atoms with Crippen molar-refractivity contribution in [2.75, 3.05) is 23.3 Å². The maximum atomic E-state index is 12.6. The first-order valence-corrected chi connectivity index (χ1v) is 7.74. The van der Waals surface area contributed by atoms with Gasteiger partial charge in [0.05, 0.1) is 23.9 Å². The summed E-state index contributed by atoms with van der Waals surface area (Å²) >= 11 is 0. The minimum Gasteiger partial charge on any atom is -0.548 e. The van der Waals surface area contributed by atoms with E-state index in [0.717, 1.165) is 0 Å². The van der Waals surface area contributed by atoms with Crippen LogP contribution in [0.15, 0.2) is 24.3 Å². The number of carbonyl (C=O) groups excluding carboxylic acids is 4. The molecule has 2 rings (SSSR count). The van der Waals surface area contributed by atoms with Crippen LogP contribution in [0.1, 0.15) is 13.8 Å². The van der Waals surface area contributed by atoms with Crippen molar-refractivity contribution in [1.29, 1.82) is 0 Å². The molecule has 3 N–H and O–H groups in total. The van der Waals surface area contributed by atoms with Gasteiger partial charge in [-0.1, -0.05) is 26.0 Å². The van der Waals surface area contributed by atoms with Gasteiger partial charge in [-0.15, -0.1) is 0 Å². The molecule has 25 heavy (non-hydrogen) atoms. The number of amides is 4. The largest absolute Gasteiger partial charge is 0.548 e. The lowest BCUT2D eigenvalue weighted by Crippen LogP contribution is -2.56. The topological polar surface area (TPSA) is 131 Å². The van der Waals surface area contributed by atoms with Gasteiger partial charge in [-0.2, -0.15) is 0 Å². The molecule has 1 heterocycles. The van der Waals surface area contributed by atoms with E-state index in [0.29, 0.717) is 11.4 Å². The summed E-state index contributed by atoms with van der Waals surface area (Å²) in [6, 6.07) is 5.22. The Morgan fingerprint density at radius 2 is 1.96 bits per heavy atom. The lowest BCUT2D eigenvalue weighted by molar-refractivity contribution is -0.304. The number of benzene rings is 1. The molecule has 0 bridgehead atoms. The Labute approximate surface area is 144 Å². The summed E-state index contributed by atoms with van der Waals surface area (Å²) in [6.07, 6.45) is 0. The standard InChI is InChI=1S/C16H20N4O5/c1-9(2)14(15(24)17-7-13(22)23)19-16(25)20-8-12(21)18-10-5-3-4-6-11(10)20/h3-6,9,14H,7-8H2,1-2H3,(H,17,24)(H,18,21)(H,19,25)(H,22,23)/p-1/t14-/m0/s1. The molecule has 0 aliphatic carbocycles. The molecule has 0 spiro atoms. The summed E-state index contributed by atoms with van der Waals surface area (Å²) in [5.74, 6) is -2.71. The number of nitrogens with zero attached hydrogens (tertiary/aromatic N) is 1. The van der Waals surface area contributed by atoms with E-state index in [-0.39, 0.29) is 18.4 Å². The van der Waals surface area contributed by atoms with E-state index < -0.39 is 30.5 Å². The molecule has 1 atom stereocenters. The lowest BCUT2D eigenvalue weighted by Gasteiger charge is -2.31. The van der Waals surface area contributed by atoms with Crippen molar-refractivity contribution < 1.29 is 24.3 Å². The third-order valence-electron chi connectivity index (χ3n) is 3.65. The Hall–Kier alpha value is -3.10. The van der Waals surface area contributed by atoms with Gasteiger partial charge in [0.1, 0.15) is 12.6 Å². The number of nitrogens with one attached hydrogen (secondary N) is 3. The van der Waals surface area contributed by atoms with E-state index in [1.54, 1.807) is 38.1 Å². The van der Waals surface area contributed by atoms with Gasteiger partial charge in [-0.25, -0.2) is 4.79 Å². The predicted molar refractivity (Wildman–Crippen MR) is 87.6 cm³/mol. The second kappa shape index (κ2) is 7.65. The molecule has 4 amide bonds. The number of urea groups is 1. The summed E-state index contributed by atoms with van der Waals surface area (Å²) in [5, 5.41) is 17.9. The number of fused-ring (bicyclic) bond motifs is 1. The first kappa shape index (κ1) is 18.2. The van der Waals surface area contributed by atoms with Crippen LogP contribution in [0.25, 0.3) is 0 Å². The molecular weight excluding hydrogens is 328 g/mol. The maximum absolute atomic E-state index is 12.6. The number of carboxylic acid groups (broad SMARTS) is 1. The van der Waals surface area contributed by atoms with Crippen molar-refractivity contribution >= 4 is 35.2 Å². The molecule has 0 aromatic heterocycles. The van der Waals surface area contributed by atoms with Gasteiger partial charge >= 0.3 is 6.03 Å². The summed E-state index contributed by atoms with van der Waals surface area (Å²) in [5.41, 5.74) is 1.01.